The van der Waals surface area contributed by atoms with Gasteiger partial charge in [0.2, 0.25) is 5.95 Å². The molecule has 176 valence electrons. The molecule has 1 unspecified atom stereocenters. The van der Waals surface area contributed by atoms with Crippen molar-refractivity contribution < 1.29 is 4.79 Å². The second kappa shape index (κ2) is 11.8. The number of aryl methyl sites for hydroxylation is 1. The van der Waals surface area contributed by atoms with E-state index in [0.29, 0.717) is 28.5 Å². The Hall–Kier alpha value is -2.93. The fourth-order valence-electron chi connectivity index (χ4n) is 3.86. The van der Waals surface area contributed by atoms with E-state index in [-0.39, 0.29) is 11.9 Å². The number of hydrogen-bond acceptors (Lipinski definition) is 5. The van der Waals surface area contributed by atoms with E-state index in [4.69, 9.17) is 16.6 Å². The normalized spacial score (nSPS) is 12.1. The number of carbonyl (C=O) groups is 1. The third-order valence-corrected chi connectivity index (χ3v) is 5.81. The number of imidazole rings is 1. The molecule has 1 amide bonds. The van der Waals surface area contributed by atoms with Crippen LogP contribution in [-0.2, 0) is 0 Å². The number of hydrogen-bond donors (Lipinski definition) is 2. The van der Waals surface area contributed by atoms with Crippen LogP contribution in [0.25, 0.3) is 5.82 Å². The molecule has 2 heterocycles. The van der Waals surface area contributed by atoms with Gasteiger partial charge in [0, 0.05) is 29.0 Å². The minimum absolute atomic E-state index is 0.146. The summed E-state index contributed by atoms with van der Waals surface area (Å²) in [7, 11) is 0. The Kier molecular flexibility index (Phi) is 8.83. The first-order valence-electron chi connectivity index (χ1n) is 11.7. The van der Waals surface area contributed by atoms with Crippen molar-refractivity contribution in [1.82, 2.24) is 24.8 Å². The molecule has 0 bridgehead atoms. The van der Waals surface area contributed by atoms with Gasteiger partial charge in [-0.05, 0) is 43.9 Å². The molecular weight excluding hydrogens is 436 g/mol. The molecule has 2 aromatic heterocycles. The lowest BCUT2D eigenvalue weighted by Crippen LogP contribution is -2.28. The van der Waals surface area contributed by atoms with Crippen molar-refractivity contribution in [1.29, 1.82) is 0 Å². The van der Waals surface area contributed by atoms with Gasteiger partial charge in [0.1, 0.15) is 17.8 Å². The molecule has 8 heteroatoms. The molecule has 0 aliphatic heterocycles. The van der Waals surface area contributed by atoms with E-state index in [1.165, 1.54) is 0 Å². The van der Waals surface area contributed by atoms with Crippen LogP contribution in [0.1, 0.15) is 80.5 Å². The lowest BCUT2D eigenvalue weighted by molar-refractivity contribution is 0.0931. The monoisotopic (exact) mass is 468 g/mol. The van der Waals surface area contributed by atoms with Crippen LogP contribution in [0.4, 0.5) is 5.95 Å². The quantitative estimate of drug-likeness (QED) is 0.366. The van der Waals surface area contributed by atoms with Crippen molar-refractivity contribution in [3.05, 3.63) is 64.8 Å². The highest BCUT2D eigenvalue weighted by molar-refractivity contribution is 6.30. The molecule has 33 heavy (non-hydrogen) atoms. The number of anilines is 1. The van der Waals surface area contributed by atoms with E-state index in [9.17, 15) is 4.79 Å². The fraction of sp³-hybridized carbons (Fsp3) is 0.440. The van der Waals surface area contributed by atoms with Crippen LogP contribution in [0.5, 0.6) is 0 Å². The van der Waals surface area contributed by atoms with Crippen LogP contribution in [-0.4, -0.2) is 31.5 Å². The molecule has 0 aliphatic carbocycles. The minimum atomic E-state index is -0.239. The molecule has 1 aromatic carbocycles. The van der Waals surface area contributed by atoms with Gasteiger partial charge in [0.05, 0.1) is 6.04 Å². The lowest BCUT2D eigenvalue weighted by atomic mass is 10.0. The topological polar surface area (TPSA) is 84.7 Å². The van der Waals surface area contributed by atoms with E-state index in [1.807, 2.05) is 38.1 Å². The smallest absolute Gasteiger partial charge is 0.271 e. The summed E-state index contributed by atoms with van der Waals surface area (Å²) < 4.78 is 1.77. The summed E-state index contributed by atoms with van der Waals surface area (Å²) in [4.78, 5) is 26.4. The van der Waals surface area contributed by atoms with Crippen LogP contribution >= 0.6 is 11.6 Å². The summed E-state index contributed by atoms with van der Waals surface area (Å²) in [6.07, 6.45) is 10.2. The Morgan fingerprint density at radius 2 is 1.91 bits per heavy atom. The molecule has 1 atom stereocenters. The van der Waals surface area contributed by atoms with E-state index in [2.05, 4.69) is 34.4 Å². The molecular formula is C25H33ClN6O. The maximum Gasteiger partial charge on any atom is 0.271 e. The zero-order chi connectivity index (χ0) is 23.8. The van der Waals surface area contributed by atoms with Gasteiger partial charge in [-0.15, -0.1) is 0 Å². The Bertz CT molecular complexity index is 1060. The molecule has 7 nitrogen and oxygen atoms in total. The Labute approximate surface area is 201 Å². The summed E-state index contributed by atoms with van der Waals surface area (Å²) in [5.41, 5.74) is 2.20. The number of rotatable bonds is 11. The zero-order valence-corrected chi connectivity index (χ0v) is 20.6. The lowest BCUT2D eigenvalue weighted by Gasteiger charge is -2.18. The number of benzene rings is 1. The number of halogens is 1. The molecule has 3 rings (SSSR count). The number of aromatic nitrogens is 4. The van der Waals surface area contributed by atoms with Crippen molar-refractivity contribution >= 4 is 23.5 Å². The molecule has 0 fully saturated rings. The van der Waals surface area contributed by atoms with Gasteiger partial charge in [-0.3, -0.25) is 9.36 Å². The van der Waals surface area contributed by atoms with Crippen LogP contribution < -0.4 is 10.6 Å². The van der Waals surface area contributed by atoms with Crippen molar-refractivity contribution in [2.75, 3.05) is 5.32 Å². The molecule has 0 radical (unpaired) electrons. The number of nitrogens with one attached hydrogen (secondary N) is 2. The van der Waals surface area contributed by atoms with Gasteiger partial charge >= 0.3 is 0 Å². The number of carbonyl (C=O) groups excluding carboxylic acids is 1. The predicted octanol–water partition coefficient (Wildman–Crippen LogP) is 5.89. The van der Waals surface area contributed by atoms with Crippen LogP contribution in [0.3, 0.4) is 0 Å². The second-order valence-corrected chi connectivity index (χ2v) is 8.71. The zero-order valence-electron chi connectivity index (χ0n) is 19.8. The molecule has 2 N–H and O–H groups in total. The molecule has 3 aromatic rings. The van der Waals surface area contributed by atoms with Gasteiger partial charge in [-0.25, -0.2) is 9.97 Å². The van der Waals surface area contributed by atoms with Crippen LogP contribution in [0.2, 0.25) is 5.02 Å². The number of amides is 1. The third-order valence-electron chi connectivity index (χ3n) is 5.58. The van der Waals surface area contributed by atoms with E-state index in [1.54, 1.807) is 23.3 Å². The molecule has 0 saturated heterocycles. The van der Waals surface area contributed by atoms with E-state index < -0.39 is 0 Å². The minimum Gasteiger partial charge on any atom is -0.351 e. The first-order valence-corrected chi connectivity index (χ1v) is 12.0. The second-order valence-electron chi connectivity index (χ2n) is 8.27. The average molecular weight is 469 g/mol. The van der Waals surface area contributed by atoms with Gasteiger partial charge in [-0.2, -0.15) is 4.98 Å². The summed E-state index contributed by atoms with van der Waals surface area (Å²) in [6.45, 7) is 8.33. The summed E-state index contributed by atoms with van der Waals surface area (Å²) in [6, 6.07) is 7.74. The fourth-order valence-corrected chi connectivity index (χ4v) is 4.06. The molecule has 0 aliphatic rings. The average Bonchev–Trinajstić information content (AvgIpc) is 3.29. The van der Waals surface area contributed by atoms with Gasteiger partial charge in [0.25, 0.3) is 5.91 Å². The SMILES string of the molecule is CCCC(CCC)Nc1ncc(C)c(-n2cnc(C(=O)NC(CC)c3cccc(Cl)c3)c2)n1. The highest BCUT2D eigenvalue weighted by Gasteiger charge is 2.18. The van der Waals surface area contributed by atoms with Crippen molar-refractivity contribution in [2.24, 2.45) is 0 Å². The third kappa shape index (κ3) is 6.54. The van der Waals surface area contributed by atoms with Crippen molar-refractivity contribution in [3.8, 4) is 5.82 Å². The predicted molar refractivity (Wildman–Crippen MR) is 133 cm³/mol. The standard InChI is InChI=1S/C25H33ClN6O/c1-5-9-20(10-6-2)29-25-27-14-17(4)23(31-25)32-15-22(28-16-32)24(33)30-21(7-3)18-11-8-12-19(26)13-18/h8,11-16,20-21H,5-7,9-10H2,1-4H3,(H,30,33)(H,27,29,31). The van der Waals surface area contributed by atoms with E-state index >= 15 is 0 Å². The Morgan fingerprint density at radius 1 is 1.15 bits per heavy atom. The van der Waals surface area contributed by atoms with Gasteiger partial charge in [-0.1, -0.05) is 57.3 Å². The van der Waals surface area contributed by atoms with Crippen molar-refractivity contribution in [3.63, 3.8) is 0 Å². The maximum absolute atomic E-state index is 12.9. The highest BCUT2D eigenvalue weighted by Crippen LogP contribution is 2.21. The summed E-state index contributed by atoms with van der Waals surface area (Å²) >= 11 is 6.12. The van der Waals surface area contributed by atoms with Crippen LogP contribution in [0, 0.1) is 6.92 Å². The number of nitrogens with zero attached hydrogens (tertiary/aromatic N) is 4. The summed E-state index contributed by atoms with van der Waals surface area (Å²) in [5, 5.41) is 7.16. The highest BCUT2D eigenvalue weighted by atomic mass is 35.5. The molecule has 0 saturated carbocycles. The Balaban J connectivity index is 1.76. The Morgan fingerprint density at radius 3 is 2.58 bits per heavy atom. The van der Waals surface area contributed by atoms with Gasteiger partial charge in [0.15, 0.2) is 0 Å². The largest absolute Gasteiger partial charge is 0.351 e. The first kappa shape index (κ1) is 24.7. The molecule has 0 spiro atoms. The summed E-state index contributed by atoms with van der Waals surface area (Å²) in [5.74, 6) is 1.05. The maximum atomic E-state index is 12.9. The van der Waals surface area contributed by atoms with E-state index in [0.717, 1.165) is 43.2 Å². The van der Waals surface area contributed by atoms with Crippen molar-refractivity contribution in [2.45, 2.75) is 71.9 Å². The van der Waals surface area contributed by atoms with Crippen LogP contribution in [0.15, 0.2) is 43.0 Å². The van der Waals surface area contributed by atoms with Gasteiger partial charge < -0.3 is 10.6 Å². The first-order chi connectivity index (χ1) is 15.9.